The topological polar surface area (TPSA) is 121 Å². The lowest BCUT2D eigenvalue weighted by Crippen LogP contribution is -2.47. The number of hydrogen-bond donors (Lipinski definition) is 1. The summed E-state index contributed by atoms with van der Waals surface area (Å²) in [4.78, 5) is 63.7. The van der Waals surface area contributed by atoms with Gasteiger partial charge < -0.3 is 14.8 Å². The molecule has 0 saturated heterocycles. The average Bonchev–Trinajstić information content (AvgIpc) is 2.51. The van der Waals surface area contributed by atoms with E-state index in [-0.39, 0.29) is 0 Å². The molecule has 9 heteroatoms. The Balaban J connectivity index is 2.77. The lowest BCUT2D eigenvalue weighted by Gasteiger charge is -2.31. The van der Waals surface area contributed by atoms with Gasteiger partial charge in [0, 0.05) is 20.9 Å². The molecule has 1 aliphatic carbocycles. The normalized spacial score (nSPS) is 20.0. The van der Waals surface area contributed by atoms with E-state index < -0.39 is 48.0 Å². The highest BCUT2D eigenvalue weighted by Gasteiger charge is 2.38. The first-order valence-electron chi connectivity index (χ1n) is 7.65. The standard InChI is InChI=1S/C15H22N2O7/c1-9(18)17(24-10(2)19)13(20)8-16(3)14(21)11-6-4-5-7-12(11)15(22)23/h11-12H,4-8H2,1-3H3,(H,22,23)/t11-,12+/m0/s1. The van der Waals surface area contributed by atoms with Crippen molar-refractivity contribution >= 4 is 29.7 Å². The zero-order chi connectivity index (χ0) is 18.4. The second-order valence-electron chi connectivity index (χ2n) is 5.82. The number of carboxylic acid groups (broad SMARTS) is 1. The highest BCUT2D eigenvalue weighted by atomic mass is 16.7. The Morgan fingerprint density at radius 2 is 1.58 bits per heavy atom. The van der Waals surface area contributed by atoms with Crippen LogP contribution in [0.5, 0.6) is 0 Å². The molecule has 9 nitrogen and oxygen atoms in total. The molecule has 134 valence electrons. The fraction of sp³-hybridized carbons (Fsp3) is 0.667. The van der Waals surface area contributed by atoms with Gasteiger partial charge in [0.05, 0.1) is 11.8 Å². The molecular formula is C15H22N2O7. The van der Waals surface area contributed by atoms with Crippen molar-refractivity contribution < 1.29 is 33.9 Å². The van der Waals surface area contributed by atoms with Gasteiger partial charge in [0.15, 0.2) is 0 Å². The van der Waals surface area contributed by atoms with Gasteiger partial charge in [-0.15, -0.1) is 5.06 Å². The van der Waals surface area contributed by atoms with Crippen LogP contribution in [0.1, 0.15) is 39.5 Å². The predicted molar refractivity (Wildman–Crippen MR) is 80.0 cm³/mol. The van der Waals surface area contributed by atoms with E-state index in [9.17, 15) is 29.1 Å². The molecular weight excluding hydrogens is 320 g/mol. The minimum Gasteiger partial charge on any atom is -0.481 e. The number of amides is 3. The summed E-state index contributed by atoms with van der Waals surface area (Å²) in [7, 11) is 1.35. The molecule has 0 aromatic carbocycles. The number of carbonyl (C=O) groups excluding carboxylic acids is 4. The van der Waals surface area contributed by atoms with Gasteiger partial charge in [-0.25, -0.2) is 4.79 Å². The van der Waals surface area contributed by atoms with Crippen LogP contribution in [0.3, 0.4) is 0 Å². The number of hydroxylamine groups is 2. The Morgan fingerprint density at radius 3 is 2.04 bits per heavy atom. The highest BCUT2D eigenvalue weighted by Crippen LogP contribution is 2.31. The summed E-state index contributed by atoms with van der Waals surface area (Å²) in [5.41, 5.74) is 0. The molecule has 0 bridgehead atoms. The van der Waals surface area contributed by atoms with Gasteiger partial charge in [0.25, 0.3) is 11.8 Å². The van der Waals surface area contributed by atoms with E-state index in [4.69, 9.17) is 0 Å². The van der Waals surface area contributed by atoms with Crippen LogP contribution in [0.15, 0.2) is 0 Å². The number of carbonyl (C=O) groups is 5. The summed E-state index contributed by atoms with van der Waals surface area (Å²) < 4.78 is 0. The zero-order valence-corrected chi connectivity index (χ0v) is 14.0. The lowest BCUT2D eigenvalue weighted by molar-refractivity contribution is -0.200. The van der Waals surface area contributed by atoms with Crippen molar-refractivity contribution in [1.82, 2.24) is 9.96 Å². The van der Waals surface area contributed by atoms with Gasteiger partial charge in [-0.3, -0.25) is 19.2 Å². The third kappa shape index (κ3) is 5.04. The van der Waals surface area contributed by atoms with E-state index in [1.165, 1.54) is 7.05 Å². The fourth-order valence-corrected chi connectivity index (χ4v) is 2.77. The van der Waals surface area contributed by atoms with Crippen LogP contribution in [-0.4, -0.2) is 58.3 Å². The monoisotopic (exact) mass is 342 g/mol. The lowest BCUT2D eigenvalue weighted by atomic mass is 9.78. The second kappa shape index (κ2) is 8.42. The van der Waals surface area contributed by atoms with E-state index >= 15 is 0 Å². The van der Waals surface area contributed by atoms with Gasteiger partial charge in [-0.05, 0) is 12.8 Å². The van der Waals surface area contributed by atoms with Crippen LogP contribution in [0.4, 0.5) is 0 Å². The first kappa shape index (κ1) is 19.6. The largest absolute Gasteiger partial charge is 0.481 e. The maximum Gasteiger partial charge on any atom is 0.330 e. The second-order valence-corrected chi connectivity index (χ2v) is 5.82. The van der Waals surface area contributed by atoms with Crippen LogP contribution in [0, 0.1) is 11.8 Å². The Labute approximate surface area is 139 Å². The summed E-state index contributed by atoms with van der Waals surface area (Å²) in [6.45, 7) is 1.59. The Kier molecular flexibility index (Phi) is 6.87. The summed E-state index contributed by atoms with van der Waals surface area (Å²) in [6, 6.07) is 0. The van der Waals surface area contributed by atoms with E-state index in [2.05, 4.69) is 4.84 Å². The van der Waals surface area contributed by atoms with Crippen LogP contribution < -0.4 is 0 Å². The molecule has 1 N–H and O–H groups in total. The number of carboxylic acids is 1. The van der Waals surface area contributed by atoms with Crippen molar-refractivity contribution in [2.45, 2.75) is 39.5 Å². The van der Waals surface area contributed by atoms with Gasteiger partial charge in [-0.1, -0.05) is 12.8 Å². The minimum absolute atomic E-state index is 0.293. The molecule has 0 aromatic rings. The Bertz CT molecular complexity index is 546. The van der Waals surface area contributed by atoms with Crippen molar-refractivity contribution in [3.05, 3.63) is 0 Å². The van der Waals surface area contributed by atoms with E-state index in [1.807, 2.05) is 0 Å². The number of imide groups is 1. The molecule has 0 aromatic heterocycles. The van der Waals surface area contributed by atoms with Crippen LogP contribution in [-0.2, 0) is 28.8 Å². The number of aliphatic carboxylic acids is 1. The van der Waals surface area contributed by atoms with Crippen molar-refractivity contribution in [2.24, 2.45) is 11.8 Å². The quantitative estimate of drug-likeness (QED) is 0.724. The third-order valence-corrected chi connectivity index (χ3v) is 3.88. The molecule has 1 saturated carbocycles. The van der Waals surface area contributed by atoms with Crippen LogP contribution >= 0.6 is 0 Å². The smallest absolute Gasteiger partial charge is 0.330 e. The molecule has 0 unspecified atom stereocenters. The van der Waals surface area contributed by atoms with Crippen molar-refractivity contribution in [1.29, 1.82) is 0 Å². The van der Waals surface area contributed by atoms with E-state index in [0.717, 1.165) is 31.6 Å². The predicted octanol–water partition coefficient (Wildman–Crippen LogP) is 0.189. The maximum atomic E-state index is 12.5. The average molecular weight is 342 g/mol. The number of nitrogens with zero attached hydrogens (tertiary/aromatic N) is 2. The molecule has 0 aliphatic heterocycles. The molecule has 24 heavy (non-hydrogen) atoms. The van der Waals surface area contributed by atoms with Gasteiger partial charge in [-0.2, -0.15) is 0 Å². The maximum absolute atomic E-state index is 12.5. The van der Waals surface area contributed by atoms with E-state index in [1.54, 1.807) is 0 Å². The molecule has 0 heterocycles. The third-order valence-electron chi connectivity index (χ3n) is 3.88. The van der Waals surface area contributed by atoms with Gasteiger partial charge in [0.2, 0.25) is 5.91 Å². The minimum atomic E-state index is -1.03. The summed E-state index contributed by atoms with van der Waals surface area (Å²) in [5.74, 6) is -5.49. The summed E-state index contributed by atoms with van der Waals surface area (Å²) in [6.07, 6.45) is 2.35. The Morgan fingerprint density at radius 1 is 1.04 bits per heavy atom. The number of rotatable bonds is 4. The molecule has 0 spiro atoms. The van der Waals surface area contributed by atoms with Gasteiger partial charge in [0.1, 0.15) is 6.54 Å². The van der Waals surface area contributed by atoms with E-state index in [0.29, 0.717) is 17.9 Å². The van der Waals surface area contributed by atoms with Crippen LogP contribution in [0.25, 0.3) is 0 Å². The first-order valence-corrected chi connectivity index (χ1v) is 7.65. The van der Waals surface area contributed by atoms with Crippen molar-refractivity contribution in [3.63, 3.8) is 0 Å². The highest BCUT2D eigenvalue weighted by molar-refractivity contribution is 5.96. The molecule has 1 fully saturated rings. The van der Waals surface area contributed by atoms with Crippen molar-refractivity contribution in [2.75, 3.05) is 13.6 Å². The number of likely N-dealkylation sites (N-methyl/N-ethyl adjacent to an activating group) is 1. The molecule has 3 amide bonds. The molecule has 0 radical (unpaired) electrons. The SMILES string of the molecule is CC(=O)ON(C(C)=O)C(=O)CN(C)C(=O)[C@H]1CCCC[C@H]1C(=O)O. The zero-order valence-electron chi connectivity index (χ0n) is 14.0. The van der Waals surface area contributed by atoms with Crippen LogP contribution in [0.2, 0.25) is 0 Å². The fourth-order valence-electron chi connectivity index (χ4n) is 2.77. The Hall–Kier alpha value is -2.45. The van der Waals surface area contributed by atoms with Crippen molar-refractivity contribution in [3.8, 4) is 0 Å². The summed E-state index contributed by atoms with van der Waals surface area (Å²) >= 11 is 0. The van der Waals surface area contributed by atoms with Gasteiger partial charge >= 0.3 is 11.9 Å². The molecule has 1 rings (SSSR count). The summed E-state index contributed by atoms with van der Waals surface area (Å²) in [5, 5.41) is 9.53. The first-order chi connectivity index (χ1) is 11.1. The number of hydrogen-bond acceptors (Lipinski definition) is 6. The molecule has 1 aliphatic rings. The molecule has 2 atom stereocenters.